The van der Waals surface area contributed by atoms with Gasteiger partial charge in [0.1, 0.15) is 11.9 Å². The number of hydrogen-bond acceptors (Lipinski definition) is 5. The molecule has 2 heterocycles. The molecule has 3 N–H and O–H groups in total. The van der Waals surface area contributed by atoms with Crippen molar-refractivity contribution in [3.63, 3.8) is 0 Å². The monoisotopic (exact) mass is 465 g/mol. The number of primary amides is 1. The third-order valence-corrected chi connectivity index (χ3v) is 6.38. The van der Waals surface area contributed by atoms with E-state index in [2.05, 4.69) is 10.2 Å². The van der Waals surface area contributed by atoms with E-state index in [1.807, 2.05) is 78.8 Å². The van der Waals surface area contributed by atoms with Crippen molar-refractivity contribution in [3.05, 3.63) is 81.5 Å². The van der Waals surface area contributed by atoms with Crippen LogP contribution in [-0.2, 0) is 4.79 Å². The van der Waals surface area contributed by atoms with Gasteiger partial charge in [-0.25, -0.2) is 0 Å². The van der Waals surface area contributed by atoms with Gasteiger partial charge in [0.05, 0.1) is 17.8 Å². The molecule has 32 heavy (non-hydrogen) atoms. The normalized spacial score (nSPS) is 15.8. The van der Waals surface area contributed by atoms with E-state index in [1.165, 1.54) is 0 Å². The Labute approximate surface area is 192 Å². The number of amides is 1. The molecule has 1 unspecified atom stereocenters. The van der Waals surface area contributed by atoms with E-state index >= 15 is 0 Å². The molecule has 4 rings (SSSR count). The average molecular weight is 466 g/mol. The molecule has 0 aliphatic carbocycles. The Morgan fingerprint density at radius 1 is 1.22 bits per heavy atom. The van der Waals surface area contributed by atoms with E-state index in [1.54, 1.807) is 0 Å². The van der Waals surface area contributed by atoms with Crippen LogP contribution in [0.2, 0.25) is 18.1 Å². The minimum atomic E-state index is -2.36. The summed E-state index contributed by atoms with van der Waals surface area (Å²) in [6.45, 7) is 5.58. The smallest absolute Gasteiger partial charge is 0.220 e. The lowest BCUT2D eigenvalue weighted by atomic mass is 9.98. The van der Waals surface area contributed by atoms with Gasteiger partial charge >= 0.3 is 0 Å². The van der Waals surface area contributed by atoms with Crippen molar-refractivity contribution in [2.75, 3.05) is 0 Å². The Morgan fingerprint density at radius 3 is 2.59 bits per heavy atom. The highest BCUT2D eigenvalue weighted by Crippen LogP contribution is 2.33. The Kier molecular flexibility index (Phi) is 5.85. The molecule has 1 amide bonds. The lowest BCUT2D eigenvalue weighted by molar-refractivity contribution is -0.118. The molecule has 3 aromatic rings. The molecule has 1 atom stereocenters. The predicted octanol–water partition coefficient (Wildman–Crippen LogP) is 3.75. The van der Waals surface area contributed by atoms with Gasteiger partial charge < -0.3 is 10.5 Å². The quantitative estimate of drug-likeness (QED) is 0.559. The van der Waals surface area contributed by atoms with E-state index in [0.29, 0.717) is 22.4 Å². The van der Waals surface area contributed by atoms with Crippen LogP contribution < -0.4 is 5.73 Å². The lowest BCUT2D eigenvalue weighted by Gasteiger charge is -2.14. The van der Waals surface area contributed by atoms with Crippen LogP contribution in [0.3, 0.4) is 0 Å². The topological polar surface area (TPSA) is 106 Å². The van der Waals surface area contributed by atoms with E-state index in [9.17, 15) is 9.59 Å². The van der Waals surface area contributed by atoms with Crippen molar-refractivity contribution in [1.29, 1.82) is 0 Å². The molecule has 1 aliphatic heterocycles. The van der Waals surface area contributed by atoms with Crippen molar-refractivity contribution in [1.82, 2.24) is 14.8 Å². The van der Waals surface area contributed by atoms with Crippen molar-refractivity contribution < 1.29 is 9.59 Å². The van der Waals surface area contributed by atoms with Gasteiger partial charge in [-0.1, -0.05) is 41.6 Å². The largest absolute Gasteiger partial charge is 0.428 e. The number of fused-ring (bicyclic) bond motifs is 3. The van der Waals surface area contributed by atoms with Gasteiger partial charge in [0.15, 0.2) is 5.82 Å². The fourth-order valence-corrected chi connectivity index (χ4v) is 4.41. The third-order valence-electron chi connectivity index (χ3n) is 5.15. The summed E-state index contributed by atoms with van der Waals surface area (Å²) in [7, 11) is -2.36. The van der Waals surface area contributed by atoms with Crippen LogP contribution in [0, 0.1) is 6.92 Å². The van der Waals surface area contributed by atoms with Gasteiger partial charge in [-0.05, 0) is 49.8 Å². The Hall–Kier alpha value is -3.07. The minimum absolute atomic E-state index is 0.0142. The first-order chi connectivity index (χ1) is 15.1. The summed E-state index contributed by atoms with van der Waals surface area (Å²) in [6, 6.07) is 12.8. The Bertz CT molecular complexity index is 1240. The number of rotatable bonds is 5. The second-order valence-corrected chi connectivity index (χ2v) is 12.5. The van der Waals surface area contributed by atoms with Crippen LogP contribution in [-0.4, -0.2) is 39.5 Å². The zero-order chi connectivity index (χ0) is 23.0. The first-order valence-electron chi connectivity index (χ1n) is 10.2. The van der Waals surface area contributed by atoms with Gasteiger partial charge in [0, 0.05) is 16.1 Å². The number of hydrogen-bond donors (Lipinski definition) is 2. The molecule has 0 spiro atoms. The number of aliphatic imine (C=N–C) groups is 1. The van der Waals surface area contributed by atoms with Crippen LogP contribution in [0.25, 0.3) is 11.8 Å². The maximum absolute atomic E-state index is 11.8. The Balaban J connectivity index is 1.98. The Morgan fingerprint density at radius 2 is 1.94 bits per heavy atom. The molecule has 0 bridgehead atoms. The summed E-state index contributed by atoms with van der Waals surface area (Å²) in [5.74, 6) is 0.792. The van der Waals surface area contributed by atoms with Gasteiger partial charge in [0.2, 0.25) is 14.2 Å². The average Bonchev–Trinajstić information content (AvgIpc) is 3.04. The second kappa shape index (κ2) is 8.46. The first-order valence-corrected chi connectivity index (χ1v) is 13.6. The van der Waals surface area contributed by atoms with Gasteiger partial charge in [-0.3, -0.25) is 14.4 Å². The third kappa shape index (κ3) is 4.57. The number of nitrogens with two attached hydrogens (primary N) is 1. The van der Waals surface area contributed by atoms with E-state index in [0.717, 1.165) is 22.4 Å². The van der Waals surface area contributed by atoms with Gasteiger partial charge in [-0.2, -0.15) is 0 Å². The fraction of sp³-hybridized carbons (Fsp3) is 0.217. The molecule has 0 saturated heterocycles. The molecule has 0 radical (unpaired) electrons. The van der Waals surface area contributed by atoms with Crippen molar-refractivity contribution in [3.8, 4) is 5.69 Å². The van der Waals surface area contributed by atoms with Crippen LogP contribution >= 0.6 is 11.6 Å². The summed E-state index contributed by atoms with van der Waals surface area (Å²) in [5.41, 5.74) is 11.6. The number of carbonyl (C=O) groups is 1. The SMILES string of the molecule is Cc1nnc2n1-c1ccc(C=C[Si](C)(C)O)cc1C(c1ccc(Cl)cc1)=NC2CC(N)=O. The van der Waals surface area contributed by atoms with Crippen molar-refractivity contribution in [2.24, 2.45) is 10.7 Å². The molecular weight excluding hydrogens is 442 g/mol. The molecule has 9 heteroatoms. The summed E-state index contributed by atoms with van der Waals surface area (Å²) in [4.78, 5) is 27.0. The molecule has 0 fully saturated rings. The summed E-state index contributed by atoms with van der Waals surface area (Å²) >= 11 is 6.11. The highest BCUT2D eigenvalue weighted by Gasteiger charge is 2.29. The highest BCUT2D eigenvalue weighted by atomic mass is 35.5. The van der Waals surface area contributed by atoms with Crippen molar-refractivity contribution >= 4 is 37.6 Å². The molecular formula is C23H24ClN5O2Si. The van der Waals surface area contributed by atoms with Crippen LogP contribution in [0.1, 0.15) is 40.8 Å². The van der Waals surface area contributed by atoms with Crippen LogP contribution in [0.15, 0.2) is 53.2 Å². The van der Waals surface area contributed by atoms with E-state index in [-0.39, 0.29) is 6.42 Å². The number of halogens is 1. The van der Waals surface area contributed by atoms with E-state index < -0.39 is 20.3 Å². The summed E-state index contributed by atoms with van der Waals surface area (Å²) < 4.78 is 1.92. The number of carbonyl (C=O) groups excluding carboxylic acids is 1. The standard InChI is InChI=1S/C23H24ClN5O2Si/c1-14-27-28-23-19(13-21(25)30)26-22(16-5-7-17(24)8-6-16)18-12-15(10-11-32(2,3)31)4-9-20(18)29(14)23/h4-12,19,31H,13H2,1-3H3,(H2,25,30). The van der Waals surface area contributed by atoms with Gasteiger partial charge in [-0.15, -0.1) is 10.2 Å². The molecule has 0 saturated carbocycles. The van der Waals surface area contributed by atoms with Crippen molar-refractivity contribution in [2.45, 2.75) is 32.5 Å². The number of nitrogens with zero attached hydrogens (tertiary/aromatic N) is 4. The van der Waals surface area contributed by atoms with Crippen LogP contribution in [0.5, 0.6) is 0 Å². The molecule has 164 valence electrons. The number of aromatic nitrogens is 3. The van der Waals surface area contributed by atoms with Gasteiger partial charge in [0.25, 0.3) is 0 Å². The maximum Gasteiger partial charge on any atom is 0.220 e. The maximum atomic E-state index is 11.8. The fourth-order valence-electron chi connectivity index (χ4n) is 3.68. The summed E-state index contributed by atoms with van der Waals surface area (Å²) in [5, 5.41) is 9.17. The predicted molar refractivity (Wildman–Crippen MR) is 128 cm³/mol. The molecule has 7 nitrogen and oxygen atoms in total. The number of aryl methyl sites for hydroxylation is 1. The minimum Gasteiger partial charge on any atom is -0.428 e. The molecule has 1 aliphatic rings. The molecule has 1 aromatic heterocycles. The lowest BCUT2D eigenvalue weighted by Crippen LogP contribution is -2.21. The summed E-state index contributed by atoms with van der Waals surface area (Å²) in [6.07, 6.45) is 1.94. The highest BCUT2D eigenvalue weighted by molar-refractivity contribution is 6.75. The molecule has 2 aromatic carbocycles. The zero-order valence-corrected chi connectivity index (χ0v) is 19.8. The number of benzene rings is 2. The van der Waals surface area contributed by atoms with Crippen LogP contribution in [0.4, 0.5) is 0 Å². The van der Waals surface area contributed by atoms with E-state index in [4.69, 9.17) is 22.3 Å². The zero-order valence-electron chi connectivity index (χ0n) is 18.1. The second-order valence-electron chi connectivity index (χ2n) is 8.38. The first kappa shape index (κ1) is 22.1.